The van der Waals surface area contributed by atoms with Gasteiger partial charge in [0.1, 0.15) is 5.54 Å². The minimum absolute atomic E-state index is 0.0648. The van der Waals surface area contributed by atoms with E-state index in [1.165, 1.54) is 6.92 Å². The highest BCUT2D eigenvalue weighted by Gasteiger charge is 2.49. The second-order valence-electron chi connectivity index (χ2n) is 8.06. The number of carbonyl (C=O) groups is 2. The van der Waals surface area contributed by atoms with Crippen molar-refractivity contribution in [2.45, 2.75) is 29.3 Å². The lowest BCUT2D eigenvalue weighted by atomic mass is 9.89. The third-order valence-corrected chi connectivity index (χ3v) is 7.34. The molecule has 1 aliphatic heterocycles. The number of pyridine rings is 1. The normalized spacial score (nSPS) is 18.6. The zero-order valence-electron chi connectivity index (χ0n) is 18.0. The van der Waals surface area contributed by atoms with E-state index in [9.17, 15) is 31.2 Å². The van der Waals surface area contributed by atoms with Gasteiger partial charge in [-0.1, -0.05) is 23.7 Å². The molecule has 35 heavy (non-hydrogen) atoms. The van der Waals surface area contributed by atoms with Crippen LogP contribution in [0.15, 0.2) is 71.9 Å². The summed E-state index contributed by atoms with van der Waals surface area (Å²) in [5.74, 6) is -0.646. The highest BCUT2D eigenvalue weighted by molar-refractivity contribution is 7.92. The van der Waals surface area contributed by atoms with Crippen LogP contribution < -0.4 is 10.2 Å². The number of imide groups is 1. The Morgan fingerprint density at radius 3 is 2.26 bits per heavy atom. The van der Waals surface area contributed by atoms with Crippen molar-refractivity contribution >= 4 is 39.1 Å². The Morgan fingerprint density at radius 2 is 1.66 bits per heavy atom. The second-order valence-corrected chi connectivity index (χ2v) is 10.4. The SMILES string of the molecule is CC1(Cc2ccncc2-c2ccc(Cl)cc2)NC(=O)N(c2ccc(S(=O)(=O)C(F)(F)F)cc2)C1=O. The predicted molar refractivity (Wildman–Crippen MR) is 122 cm³/mol. The average Bonchev–Trinajstić information content (AvgIpc) is 3.02. The van der Waals surface area contributed by atoms with Gasteiger partial charge in [0.2, 0.25) is 0 Å². The molecule has 0 saturated carbocycles. The number of nitrogens with one attached hydrogen (secondary N) is 1. The number of urea groups is 1. The Labute approximate surface area is 203 Å². The molecule has 12 heteroatoms. The van der Waals surface area contributed by atoms with Crippen LogP contribution in [0.1, 0.15) is 12.5 Å². The van der Waals surface area contributed by atoms with Gasteiger partial charge in [0.15, 0.2) is 0 Å². The van der Waals surface area contributed by atoms with Crippen LogP contribution in [0.5, 0.6) is 0 Å². The molecule has 1 aliphatic rings. The van der Waals surface area contributed by atoms with Crippen molar-refractivity contribution in [2.75, 3.05) is 4.90 Å². The number of nitrogens with zero attached hydrogens (tertiary/aromatic N) is 2. The van der Waals surface area contributed by atoms with Gasteiger partial charge in [0.25, 0.3) is 15.7 Å². The lowest BCUT2D eigenvalue weighted by Gasteiger charge is -2.23. The van der Waals surface area contributed by atoms with Crippen molar-refractivity contribution in [1.29, 1.82) is 0 Å². The third kappa shape index (κ3) is 4.48. The van der Waals surface area contributed by atoms with Crippen LogP contribution in [0.4, 0.5) is 23.7 Å². The first kappa shape index (κ1) is 24.7. The number of sulfone groups is 1. The van der Waals surface area contributed by atoms with E-state index in [0.717, 1.165) is 28.2 Å². The maximum absolute atomic E-state index is 13.3. The predicted octanol–water partition coefficient (Wildman–Crippen LogP) is 4.75. The van der Waals surface area contributed by atoms with E-state index in [4.69, 9.17) is 11.6 Å². The first-order valence-electron chi connectivity index (χ1n) is 10.1. The number of halogens is 4. The van der Waals surface area contributed by atoms with Crippen molar-refractivity contribution in [2.24, 2.45) is 0 Å². The second kappa shape index (κ2) is 8.65. The molecule has 0 spiro atoms. The molecule has 7 nitrogen and oxygen atoms in total. The fourth-order valence-electron chi connectivity index (χ4n) is 3.79. The van der Waals surface area contributed by atoms with E-state index in [2.05, 4.69) is 10.3 Å². The lowest BCUT2D eigenvalue weighted by Crippen LogP contribution is -2.46. The molecule has 1 aromatic heterocycles. The van der Waals surface area contributed by atoms with E-state index >= 15 is 0 Å². The van der Waals surface area contributed by atoms with Crippen LogP contribution in [0.3, 0.4) is 0 Å². The molecule has 182 valence electrons. The summed E-state index contributed by atoms with van der Waals surface area (Å²) < 4.78 is 61.6. The maximum atomic E-state index is 13.3. The number of rotatable bonds is 5. The third-order valence-electron chi connectivity index (χ3n) is 5.58. The van der Waals surface area contributed by atoms with Gasteiger partial charge in [-0.2, -0.15) is 13.2 Å². The number of alkyl halides is 3. The number of hydrogen-bond acceptors (Lipinski definition) is 5. The Morgan fingerprint density at radius 1 is 1.03 bits per heavy atom. The van der Waals surface area contributed by atoms with Gasteiger partial charge in [0, 0.05) is 29.4 Å². The number of amides is 3. The highest BCUT2D eigenvalue weighted by atomic mass is 35.5. The molecule has 1 atom stereocenters. The molecule has 0 radical (unpaired) electrons. The Balaban J connectivity index is 1.63. The van der Waals surface area contributed by atoms with Crippen LogP contribution >= 0.6 is 11.6 Å². The summed E-state index contributed by atoms with van der Waals surface area (Å²) in [4.78, 5) is 29.9. The lowest BCUT2D eigenvalue weighted by molar-refractivity contribution is -0.121. The summed E-state index contributed by atoms with van der Waals surface area (Å²) in [7, 11) is -5.56. The molecule has 0 bridgehead atoms. The zero-order valence-corrected chi connectivity index (χ0v) is 19.6. The van der Waals surface area contributed by atoms with Crippen LogP contribution in [-0.2, 0) is 21.1 Å². The fraction of sp³-hybridized carbons (Fsp3) is 0.174. The molecule has 0 aliphatic carbocycles. The maximum Gasteiger partial charge on any atom is 0.501 e. The van der Waals surface area contributed by atoms with Gasteiger partial charge in [0.05, 0.1) is 10.6 Å². The Bertz CT molecular complexity index is 1410. The van der Waals surface area contributed by atoms with Crippen LogP contribution in [0.2, 0.25) is 5.02 Å². The van der Waals surface area contributed by atoms with Crippen molar-refractivity contribution < 1.29 is 31.2 Å². The van der Waals surface area contributed by atoms with Crippen molar-refractivity contribution in [1.82, 2.24) is 10.3 Å². The van der Waals surface area contributed by atoms with Crippen LogP contribution in [0, 0.1) is 0 Å². The van der Waals surface area contributed by atoms with E-state index in [0.29, 0.717) is 22.7 Å². The molecule has 3 aromatic rings. The summed E-state index contributed by atoms with van der Waals surface area (Å²) in [5, 5.41) is 3.18. The number of aromatic nitrogens is 1. The van der Waals surface area contributed by atoms with E-state index < -0.39 is 37.7 Å². The quantitative estimate of drug-likeness (QED) is 0.487. The molecular formula is C23H17ClF3N3O4S. The summed E-state index contributed by atoms with van der Waals surface area (Å²) in [6, 6.07) is 11.3. The standard InChI is InChI=1S/C23H17ClF3N3O4S/c1-22(12-15-10-11-28-13-19(15)14-2-4-16(24)5-3-14)20(31)30(21(32)29-22)17-6-8-18(9-7-17)35(33,34)23(25,26)27/h2-11,13H,12H2,1H3,(H,29,32). The minimum Gasteiger partial charge on any atom is -0.323 e. The summed E-state index contributed by atoms with van der Waals surface area (Å²) in [6.45, 7) is 1.53. The fourth-order valence-corrected chi connectivity index (χ4v) is 4.68. The van der Waals surface area contributed by atoms with Gasteiger partial charge in [-0.3, -0.25) is 9.78 Å². The largest absolute Gasteiger partial charge is 0.501 e. The Hall–Kier alpha value is -3.44. The zero-order chi connectivity index (χ0) is 25.6. The van der Waals surface area contributed by atoms with Gasteiger partial charge in [-0.15, -0.1) is 0 Å². The van der Waals surface area contributed by atoms with E-state index in [1.54, 1.807) is 42.7 Å². The summed E-state index contributed by atoms with van der Waals surface area (Å²) >= 11 is 5.96. The van der Waals surface area contributed by atoms with Crippen LogP contribution in [0.25, 0.3) is 11.1 Å². The van der Waals surface area contributed by atoms with Crippen LogP contribution in [-0.4, -0.2) is 36.4 Å². The van der Waals surface area contributed by atoms with Gasteiger partial charge >= 0.3 is 11.5 Å². The molecule has 3 amide bonds. The van der Waals surface area contributed by atoms with Crippen molar-refractivity contribution in [3.63, 3.8) is 0 Å². The monoisotopic (exact) mass is 523 g/mol. The molecule has 1 saturated heterocycles. The number of anilines is 1. The smallest absolute Gasteiger partial charge is 0.323 e. The molecular weight excluding hydrogens is 507 g/mol. The van der Waals surface area contributed by atoms with Gasteiger partial charge in [-0.25, -0.2) is 18.1 Å². The summed E-state index contributed by atoms with van der Waals surface area (Å²) in [5.41, 5.74) is -4.67. The highest BCUT2D eigenvalue weighted by Crippen LogP contribution is 2.34. The molecule has 1 fully saturated rings. The van der Waals surface area contributed by atoms with Gasteiger partial charge in [-0.05, 0) is 60.5 Å². The molecule has 2 aromatic carbocycles. The molecule has 1 N–H and O–H groups in total. The number of hydrogen-bond donors (Lipinski definition) is 1. The van der Waals surface area contributed by atoms with Gasteiger partial charge < -0.3 is 5.32 Å². The van der Waals surface area contributed by atoms with E-state index in [-0.39, 0.29) is 12.1 Å². The topological polar surface area (TPSA) is 96.4 Å². The first-order chi connectivity index (χ1) is 16.3. The minimum atomic E-state index is -5.56. The summed E-state index contributed by atoms with van der Waals surface area (Å²) in [6.07, 6.45) is 3.27. The van der Waals surface area contributed by atoms with E-state index in [1.807, 2.05) is 0 Å². The number of benzene rings is 2. The molecule has 1 unspecified atom stereocenters. The average molecular weight is 524 g/mol. The number of carbonyl (C=O) groups excluding carboxylic acids is 2. The van der Waals surface area contributed by atoms with Crippen molar-refractivity contribution in [3.8, 4) is 11.1 Å². The molecule has 4 rings (SSSR count). The molecule has 2 heterocycles. The van der Waals surface area contributed by atoms with Crippen molar-refractivity contribution in [3.05, 3.63) is 77.6 Å². The first-order valence-corrected chi connectivity index (χ1v) is 12.0. The Kier molecular flexibility index (Phi) is 6.10.